The molecule has 2 aromatic rings. The summed E-state index contributed by atoms with van der Waals surface area (Å²) in [7, 11) is 0. The Morgan fingerprint density at radius 2 is 2.29 bits per heavy atom. The van der Waals surface area contributed by atoms with Gasteiger partial charge in [-0.05, 0) is 18.6 Å². The lowest BCUT2D eigenvalue weighted by Crippen LogP contribution is -1.86. The maximum Gasteiger partial charge on any atom is 0.0929 e. The highest BCUT2D eigenvalue weighted by atomic mass is 16.3. The molecule has 0 aliphatic carbocycles. The number of aryl methyl sites for hydroxylation is 1. The van der Waals surface area contributed by atoms with Crippen molar-refractivity contribution in [2.24, 2.45) is 0 Å². The van der Waals surface area contributed by atoms with Crippen LogP contribution >= 0.6 is 0 Å². The first kappa shape index (κ1) is 8.97. The van der Waals surface area contributed by atoms with Gasteiger partial charge < -0.3 is 10.1 Å². The van der Waals surface area contributed by atoms with Gasteiger partial charge in [0.1, 0.15) is 0 Å². The second-order valence-electron chi connectivity index (χ2n) is 3.23. The molecular weight excluding hydrogens is 176 g/mol. The van der Waals surface area contributed by atoms with Gasteiger partial charge in [-0.2, -0.15) is 0 Å². The van der Waals surface area contributed by atoms with Crippen LogP contribution < -0.4 is 0 Å². The van der Waals surface area contributed by atoms with Crippen LogP contribution in [0.4, 0.5) is 0 Å². The maximum absolute atomic E-state index is 9.00. The lowest BCUT2D eigenvalue weighted by Gasteiger charge is -2.01. The molecule has 0 saturated carbocycles. The van der Waals surface area contributed by atoms with Crippen LogP contribution in [-0.2, 0) is 6.61 Å². The number of aliphatic hydroxyl groups excluding tert-OH is 1. The summed E-state index contributed by atoms with van der Waals surface area (Å²) in [6, 6.07) is 7.76. The number of hydrogen-bond donors (Lipinski definition) is 2. The Morgan fingerprint density at radius 3 is 2.93 bits per heavy atom. The minimum absolute atomic E-state index is 0.0668. The molecule has 3 nitrogen and oxygen atoms in total. The Bertz CT molecular complexity index is 434. The van der Waals surface area contributed by atoms with Gasteiger partial charge >= 0.3 is 0 Å². The Hall–Kier alpha value is -1.61. The van der Waals surface area contributed by atoms with E-state index in [1.807, 2.05) is 31.2 Å². The first-order chi connectivity index (χ1) is 6.81. The van der Waals surface area contributed by atoms with E-state index in [0.717, 1.165) is 22.5 Å². The topological polar surface area (TPSA) is 48.9 Å². The Kier molecular flexibility index (Phi) is 2.33. The van der Waals surface area contributed by atoms with E-state index < -0.39 is 0 Å². The molecule has 72 valence electrons. The molecule has 0 radical (unpaired) electrons. The molecule has 0 atom stereocenters. The monoisotopic (exact) mass is 188 g/mol. The summed E-state index contributed by atoms with van der Waals surface area (Å²) in [5.41, 5.74) is 3.93. The molecule has 0 unspecified atom stereocenters. The number of aromatic nitrogens is 2. The third-order valence-corrected chi connectivity index (χ3v) is 2.21. The average Bonchev–Trinajstić information content (AvgIpc) is 2.65. The van der Waals surface area contributed by atoms with Crippen LogP contribution in [0.15, 0.2) is 30.6 Å². The van der Waals surface area contributed by atoms with Gasteiger partial charge in [-0.1, -0.05) is 18.2 Å². The number of aliphatic hydroxyl groups is 1. The molecule has 0 aliphatic rings. The summed E-state index contributed by atoms with van der Waals surface area (Å²) >= 11 is 0. The number of nitrogens with one attached hydrogen (secondary N) is 1. The van der Waals surface area contributed by atoms with Crippen molar-refractivity contribution in [2.75, 3.05) is 0 Å². The number of nitrogens with zero attached hydrogens (tertiary/aromatic N) is 1. The van der Waals surface area contributed by atoms with Gasteiger partial charge in [0.15, 0.2) is 0 Å². The van der Waals surface area contributed by atoms with Crippen LogP contribution in [0.25, 0.3) is 11.3 Å². The summed E-state index contributed by atoms with van der Waals surface area (Å²) in [5, 5.41) is 9.00. The van der Waals surface area contributed by atoms with E-state index in [1.54, 1.807) is 6.33 Å². The van der Waals surface area contributed by atoms with E-state index in [9.17, 15) is 0 Å². The van der Waals surface area contributed by atoms with Crippen molar-refractivity contribution >= 4 is 0 Å². The van der Waals surface area contributed by atoms with Crippen LogP contribution in [-0.4, -0.2) is 15.1 Å². The van der Waals surface area contributed by atoms with Gasteiger partial charge in [0, 0.05) is 11.3 Å². The van der Waals surface area contributed by atoms with E-state index in [0.29, 0.717) is 0 Å². The summed E-state index contributed by atoms with van der Waals surface area (Å²) in [6.07, 6.45) is 1.68. The number of benzene rings is 1. The van der Waals surface area contributed by atoms with Gasteiger partial charge in [0.2, 0.25) is 0 Å². The van der Waals surface area contributed by atoms with E-state index in [4.69, 9.17) is 5.11 Å². The molecule has 1 aromatic heterocycles. The highest BCUT2D eigenvalue weighted by molar-refractivity contribution is 5.62. The molecule has 0 aliphatic heterocycles. The number of aromatic amines is 1. The summed E-state index contributed by atoms with van der Waals surface area (Å²) in [4.78, 5) is 7.26. The molecule has 0 spiro atoms. The number of imidazole rings is 1. The Labute approximate surface area is 82.4 Å². The van der Waals surface area contributed by atoms with Crippen molar-refractivity contribution in [3.05, 3.63) is 41.9 Å². The van der Waals surface area contributed by atoms with Crippen molar-refractivity contribution in [1.82, 2.24) is 9.97 Å². The number of rotatable bonds is 2. The predicted octanol–water partition coefficient (Wildman–Crippen LogP) is 1.88. The fourth-order valence-corrected chi connectivity index (χ4v) is 1.47. The van der Waals surface area contributed by atoms with Gasteiger partial charge in [-0.15, -0.1) is 0 Å². The minimum atomic E-state index is 0.0668. The van der Waals surface area contributed by atoms with Crippen molar-refractivity contribution in [2.45, 2.75) is 13.5 Å². The predicted molar refractivity (Wildman–Crippen MR) is 54.7 cm³/mol. The molecule has 0 amide bonds. The first-order valence-electron chi connectivity index (χ1n) is 4.51. The largest absolute Gasteiger partial charge is 0.392 e. The summed E-state index contributed by atoms with van der Waals surface area (Å²) < 4.78 is 0. The smallest absolute Gasteiger partial charge is 0.0929 e. The van der Waals surface area contributed by atoms with E-state index in [-0.39, 0.29) is 6.61 Å². The second-order valence-corrected chi connectivity index (χ2v) is 3.23. The molecule has 2 N–H and O–H groups in total. The second kappa shape index (κ2) is 3.64. The van der Waals surface area contributed by atoms with E-state index in [1.165, 1.54) is 0 Å². The molecule has 3 heteroatoms. The molecule has 1 aromatic carbocycles. The Morgan fingerprint density at radius 1 is 1.43 bits per heavy atom. The van der Waals surface area contributed by atoms with Crippen molar-refractivity contribution < 1.29 is 5.11 Å². The van der Waals surface area contributed by atoms with Crippen molar-refractivity contribution in [3.8, 4) is 11.3 Å². The van der Waals surface area contributed by atoms with Gasteiger partial charge in [0.25, 0.3) is 0 Å². The lowest BCUT2D eigenvalue weighted by atomic mass is 10.1. The minimum Gasteiger partial charge on any atom is -0.392 e. The van der Waals surface area contributed by atoms with Crippen LogP contribution in [0.1, 0.15) is 11.3 Å². The molecule has 0 saturated heterocycles. The zero-order chi connectivity index (χ0) is 9.97. The third-order valence-electron chi connectivity index (χ3n) is 2.21. The average molecular weight is 188 g/mol. The molecule has 2 rings (SSSR count). The summed E-state index contributed by atoms with van der Waals surface area (Å²) in [6.45, 7) is 2.05. The Balaban J connectivity index is 2.47. The highest BCUT2D eigenvalue weighted by Crippen LogP contribution is 2.20. The molecule has 1 heterocycles. The maximum atomic E-state index is 9.00. The molecule has 0 fully saturated rings. The van der Waals surface area contributed by atoms with Crippen LogP contribution in [0.3, 0.4) is 0 Å². The van der Waals surface area contributed by atoms with Gasteiger partial charge in [-0.25, -0.2) is 4.98 Å². The molecule has 14 heavy (non-hydrogen) atoms. The van der Waals surface area contributed by atoms with Crippen molar-refractivity contribution in [1.29, 1.82) is 0 Å². The number of H-pyrrole nitrogens is 1. The number of hydrogen-bond acceptors (Lipinski definition) is 2. The van der Waals surface area contributed by atoms with Crippen molar-refractivity contribution in [3.63, 3.8) is 0 Å². The quantitative estimate of drug-likeness (QED) is 0.756. The fraction of sp³-hybridized carbons (Fsp3) is 0.182. The van der Waals surface area contributed by atoms with Gasteiger partial charge in [0.05, 0.1) is 18.6 Å². The van der Waals surface area contributed by atoms with E-state index in [2.05, 4.69) is 9.97 Å². The fourth-order valence-electron chi connectivity index (χ4n) is 1.47. The zero-order valence-corrected chi connectivity index (χ0v) is 7.99. The van der Waals surface area contributed by atoms with E-state index >= 15 is 0 Å². The van der Waals surface area contributed by atoms with Gasteiger partial charge in [-0.3, -0.25) is 0 Å². The first-order valence-corrected chi connectivity index (χ1v) is 4.51. The highest BCUT2D eigenvalue weighted by Gasteiger charge is 2.04. The molecule has 0 bridgehead atoms. The SMILES string of the molecule is Cc1[nH]cnc1-c1cccc(CO)c1. The molecular formula is C11H12N2O. The van der Waals surface area contributed by atoms with Crippen LogP contribution in [0.2, 0.25) is 0 Å². The zero-order valence-electron chi connectivity index (χ0n) is 7.99. The lowest BCUT2D eigenvalue weighted by molar-refractivity contribution is 0.282. The van der Waals surface area contributed by atoms with Crippen LogP contribution in [0.5, 0.6) is 0 Å². The standard InChI is InChI=1S/C11H12N2O/c1-8-11(13-7-12-8)10-4-2-3-9(5-10)6-14/h2-5,7,14H,6H2,1H3,(H,12,13). The van der Waals surface area contributed by atoms with Crippen LogP contribution in [0, 0.1) is 6.92 Å². The summed E-state index contributed by atoms with van der Waals surface area (Å²) in [5.74, 6) is 0. The normalized spacial score (nSPS) is 10.4. The third kappa shape index (κ3) is 1.54.